The zero-order valence-electron chi connectivity index (χ0n) is 9.88. The maximum Gasteiger partial charge on any atom is 0.228 e. The third kappa shape index (κ3) is 2.84. The lowest BCUT2D eigenvalue weighted by Crippen LogP contribution is -2.03. The lowest BCUT2D eigenvalue weighted by molar-refractivity contribution is -0.115. The standard InChI is InChI=1S/C13H16N2O2/c1-17-12(14)4-2-3-9-5-6-11-10(7-9)8-13(16)15-11/h5-7,14H,2-4,8H2,1H3,(H,15,16). The van der Waals surface area contributed by atoms with Crippen LogP contribution in [0.25, 0.3) is 0 Å². The third-order valence-corrected chi connectivity index (χ3v) is 2.91. The average Bonchev–Trinajstić information content (AvgIpc) is 2.68. The Morgan fingerprint density at radius 3 is 3.12 bits per heavy atom. The van der Waals surface area contributed by atoms with Crippen LogP contribution in [0.5, 0.6) is 0 Å². The van der Waals surface area contributed by atoms with Crippen LogP contribution in [0.1, 0.15) is 24.0 Å². The molecule has 1 aromatic rings. The predicted molar refractivity (Wildman–Crippen MR) is 66.4 cm³/mol. The van der Waals surface area contributed by atoms with E-state index in [0.29, 0.717) is 18.7 Å². The number of rotatable bonds is 4. The molecule has 0 fully saturated rings. The minimum atomic E-state index is 0.0679. The van der Waals surface area contributed by atoms with Crippen molar-refractivity contribution in [1.29, 1.82) is 5.41 Å². The van der Waals surface area contributed by atoms with E-state index in [1.807, 2.05) is 12.1 Å². The molecule has 1 aromatic carbocycles. The molecule has 0 aliphatic carbocycles. The summed E-state index contributed by atoms with van der Waals surface area (Å²) >= 11 is 0. The van der Waals surface area contributed by atoms with Crippen LogP contribution in [0.4, 0.5) is 5.69 Å². The van der Waals surface area contributed by atoms with E-state index >= 15 is 0 Å². The van der Waals surface area contributed by atoms with Crippen molar-refractivity contribution >= 4 is 17.5 Å². The molecule has 1 aliphatic rings. The number of methoxy groups -OCH3 is 1. The van der Waals surface area contributed by atoms with Crippen LogP contribution < -0.4 is 5.32 Å². The van der Waals surface area contributed by atoms with E-state index in [0.717, 1.165) is 24.1 Å². The second kappa shape index (κ2) is 4.99. The normalized spacial score (nSPS) is 13.1. The minimum Gasteiger partial charge on any atom is -0.484 e. The predicted octanol–water partition coefficient (Wildman–Crippen LogP) is 2.13. The van der Waals surface area contributed by atoms with Crippen LogP contribution >= 0.6 is 0 Å². The van der Waals surface area contributed by atoms with Gasteiger partial charge in [-0.15, -0.1) is 0 Å². The number of benzene rings is 1. The molecule has 1 aliphatic heterocycles. The number of carbonyl (C=O) groups excluding carboxylic acids is 1. The first-order chi connectivity index (χ1) is 8.19. The van der Waals surface area contributed by atoms with E-state index < -0.39 is 0 Å². The van der Waals surface area contributed by atoms with E-state index in [4.69, 9.17) is 10.1 Å². The Labute approximate surface area is 100 Å². The number of ether oxygens (including phenoxy) is 1. The topological polar surface area (TPSA) is 62.2 Å². The molecule has 2 N–H and O–H groups in total. The van der Waals surface area contributed by atoms with E-state index in [1.165, 1.54) is 12.7 Å². The summed E-state index contributed by atoms with van der Waals surface area (Å²) in [6.07, 6.45) is 2.95. The number of hydrogen-bond acceptors (Lipinski definition) is 3. The molecule has 0 saturated heterocycles. The smallest absolute Gasteiger partial charge is 0.228 e. The monoisotopic (exact) mass is 232 g/mol. The molecule has 0 saturated carbocycles. The van der Waals surface area contributed by atoms with Crippen LogP contribution in [0.15, 0.2) is 18.2 Å². The Balaban J connectivity index is 1.93. The Hall–Kier alpha value is -1.84. The van der Waals surface area contributed by atoms with Crippen molar-refractivity contribution in [2.75, 3.05) is 12.4 Å². The second-order valence-corrected chi connectivity index (χ2v) is 4.20. The Morgan fingerprint density at radius 2 is 2.35 bits per heavy atom. The molecule has 1 amide bonds. The molecule has 90 valence electrons. The van der Waals surface area contributed by atoms with Crippen molar-refractivity contribution < 1.29 is 9.53 Å². The molecule has 0 atom stereocenters. The van der Waals surface area contributed by atoms with Crippen molar-refractivity contribution in [3.63, 3.8) is 0 Å². The fraction of sp³-hybridized carbons (Fsp3) is 0.385. The summed E-state index contributed by atoms with van der Waals surface area (Å²) in [5.74, 6) is 0.390. The first kappa shape index (κ1) is 11.6. The Bertz CT molecular complexity index is 455. The van der Waals surface area contributed by atoms with E-state index in [9.17, 15) is 4.79 Å². The third-order valence-electron chi connectivity index (χ3n) is 2.91. The lowest BCUT2D eigenvalue weighted by atomic mass is 10.0. The number of nitrogens with one attached hydrogen (secondary N) is 2. The number of fused-ring (bicyclic) bond motifs is 1. The molecular formula is C13H16N2O2. The summed E-state index contributed by atoms with van der Waals surface area (Å²) in [4.78, 5) is 11.2. The molecular weight excluding hydrogens is 216 g/mol. The molecule has 0 aromatic heterocycles. The molecule has 4 heteroatoms. The summed E-state index contributed by atoms with van der Waals surface area (Å²) in [5, 5.41) is 10.2. The maximum absolute atomic E-state index is 11.2. The summed E-state index contributed by atoms with van der Waals surface area (Å²) < 4.78 is 4.80. The lowest BCUT2D eigenvalue weighted by Gasteiger charge is -2.05. The van der Waals surface area contributed by atoms with Gasteiger partial charge in [0.05, 0.1) is 13.5 Å². The van der Waals surface area contributed by atoms with Gasteiger partial charge in [-0.3, -0.25) is 10.2 Å². The van der Waals surface area contributed by atoms with E-state index in [1.54, 1.807) is 0 Å². The fourth-order valence-electron chi connectivity index (χ4n) is 1.99. The summed E-state index contributed by atoms with van der Waals surface area (Å²) in [6.45, 7) is 0. The first-order valence-corrected chi connectivity index (χ1v) is 5.72. The molecule has 0 bridgehead atoms. The molecule has 17 heavy (non-hydrogen) atoms. The van der Waals surface area contributed by atoms with Crippen molar-refractivity contribution in [3.8, 4) is 0 Å². The van der Waals surface area contributed by atoms with Gasteiger partial charge in [-0.2, -0.15) is 0 Å². The molecule has 0 radical (unpaired) electrons. The number of anilines is 1. The molecule has 0 spiro atoms. The summed E-state index contributed by atoms with van der Waals surface area (Å²) in [5.41, 5.74) is 3.22. The SMILES string of the molecule is COC(=N)CCCc1ccc2c(c1)CC(=O)N2. The molecule has 2 rings (SSSR count). The van der Waals surface area contributed by atoms with Gasteiger partial charge in [0.25, 0.3) is 0 Å². The fourth-order valence-corrected chi connectivity index (χ4v) is 1.99. The molecule has 0 unspecified atom stereocenters. The highest BCUT2D eigenvalue weighted by molar-refractivity contribution is 5.99. The van der Waals surface area contributed by atoms with Crippen LogP contribution in [0.2, 0.25) is 0 Å². The number of carbonyl (C=O) groups is 1. The van der Waals surface area contributed by atoms with Gasteiger partial charge in [-0.1, -0.05) is 12.1 Å². The Morgan fingerprint density at radius 1 is 1.53 bits per heavy atom. The van der Waals surface area contributed by atoms with E-state index in [-0.39, 0.29) is 5.91 Å². The average molecular weight is 232 g/mol. The zero-order valence-corrected chi connectivity index (χ0v) is 9.88. The number of aryl methyl sites for hydroxylation is 1. The Kier molecular flexibility index (Phi) is 3.42. The summed E-state index contributed by atoms with van der Waals surface area (Å²) in [7, 11) is 1.52. The van der Waals surface area contributed by atoms with Gasteiger partial charge in [-0.25, -0.2) is 0 Å². The number of amides is 1. The van der Waals surface area contributed by atoms with Gasteiger partial charge < -0.3 is 10.1 Å². The highest BCUT2D eigenvalue weighted by Crippen LogP contribution is 2.24. The first-order valence-electron chi connectivity index (χ1n) is 5.72. The molecule has 4 nitrogen and oxygen atoms in total. The second-order valence-electron chi connectivity index (χ2n) is 4.20. The van der Waals surface area contributed by atoms with Crippen molar-refractivity contribution in [2.45, 2.75) is 25.7 Å². The van der Waals surface area contributed by atoms with Crippen molar-refractivity contribution in [1.82, 2.24) is 0 Å². The van der Waals surface area contributed by atoms with Gasteiger partial charge in [0.2, 0.25) is 5.91 Å². The van der Waals surface area contributed by atoms with Crippen molar-refractivity contribution in [3.05, 3.63) is 29.3 Å². The van der Waals surface area contributed by atoms with Crippen LogP contribution in [0, 0.1) is 5.41 Å². The van der Waals surface area contributed by atoms with Gasteiger partial charge in [-0.05, 0) is 30.0 Å². The summed E-state index contributed by atoms with van der Waals surface area (Å²) in [6, 6.07) is 6.06. The van der Waals surface area contributed by atoms with Crippen LogP contribution in [-0.4, -0.2) is 18.9 Å². The maximum atomic E-state index is 11.2. The van der Waals surface area contributed by atoms with Gasteiger partial charge in [0.1, 0.15) is 0 Å². The van der Waals surface area contributed by atoms with E-state index in [2.05, 4.69) is 11.4 Å². The number of hydrogen-bond donors (Lipinski definition) is 2. The highest BCUT2D eigenvalue weighted by atomic mass is 16.5. The van der Waals surface area contributed by atoms with Crippen LogP contribution in [-0.2, 0) is 22.4 Å². The molecule has 1 heterocycles. The van der Waals surface area contributed by atoms with Crippen LogP contribution in [0.3, 0.4) is 0 Å². The van der Waals surface area contributed by atoms with Gasteiger partial charge >= 0.3 is 0 Å². The van der Waals surface area contributed by atoms with Crippen molar-refractivity contribution in [2.24, 2.45) is 0 Å². The minimum absolute atomic E-state index is 0.0679. The van der Waals surface area contributed by atoms with Gasteiger partial charge in [0, 0.05) is 12.1 Å². The van der Waals surface area contributed by atoms with Gasteiger partial charge in [0.15, 0.2) is 5.90 Å². The zero-order chi connectivity index (χ0) is 12.3. The largest absolute Gasteiger partial charge is 0.484 e. The highest BCUT2D eigenvalue weighted by Gasteiger charge is 2.17. The quantitative estimate of drug-likeness (QED) is 0.617.